The zero-order valence-corrected chi connectivity index (χ0v) is 21.0. The zero-order valence-electron chi connectivity index (χ0n) is 21.0. The Morgan fingerprint density at radius 2 is 1.64 bits per heavy atom. The number of phenolic OH excluding ortho intramolecular Hbond substituents is 1. The maximum atomic E-state index is 13.6. The van der Waals surface area contributed by atoms with Crippen LogP contribution in [0.1, 0.15) is 108 Å². The largest absolute Gasteiger partial charge is 0.508 e. The lowest BCUT2D eigenvalue weighted by Crippen LogP contribution is -2.42. The predicted molar refractivity (Wildman–Crippen MR) is 136 cm³/mol. The Hall–Kier alpha value is -2.29. The first-order chi connectivity index (χ1) is 15.8. The van der Waals surface area contributed by atoms with Crippen LogP contribution in [-0.4, -0.2) is 16.7 Å². The molecule has 1 N–H and O–H groups in total. The molecule has 0 spiro atoms. The van der Waals surface area contributed by atoms with Gasteiger partial charge in [0.05, 0.1) is 5.41 Å². The Morgan fingerprint density at radius 1 is 1.00 bits per heavy atom. The summed E-state index contributed by atoms with van der Waals surface area (Å²) < 4.78 is 6.36. The third kappa shape index (κ3) is 6.40. The van der Waals surface area contributed by atoms with Crippen LogP contribution in [0.4, 0.5) is 0 Å². The molecule has 2 aromatic rings. The molecule has 3 unspecified atom stereocenters. The summed E-state index contributed by atoms with van der Waals surface area (Å²) in [5, 5.41) is 9.67. The van der Waals surface area contributed by atoms with E-state index in [4.69, 9.17) is 4.74 Å². The van der Waals surface area contributed by atoms with Crippen LogP contribution in [0.5, 0.6) is 5.75 Å². The van der Waals surface area contributed by atoms with Gasteiger partial charge >= 0.3 is 5.97 Å². The molecule has 0 heterocycles. The minimum Gasteiger partial charge on any atom is -0.508 e. The summed E-state index contributed by atoms with van der Waals surface area (Å²) in [4.78, 5) is 13.6. The molecule has 0 aliphatic heterocycles. The van der Waals surface area contributed by atoms with Crippen LogP contribution in [0.15, 0.2) is 54.6 Å². The monoisotopic (exact) mass is 450 g/mol. The third-order valence-electron chi connectivity index (χ3n) is 8.06. The van der Waals surface area contributed by atoms with E-state index in [0.717, 1.165) is 51.4 Å². The topological polar surface area (TPSA) is 46.5 Å². The maximum Gasteiger partial charge on any atom is 0.312 e. The fraction of sp³-hybridized carbons (Fsp3) is 0.567. The number of esters is 1. The van der Waals surface area contributed by atoms with E-state index in [9.17, 15) is 9.90 Å². The fourth-order valence-corrected chi connectivity index (χ4v) is 5.39. The lowest BCUT2D eigenvalue weighted by atomic mass is 9.73. The summed E-state index contributed by atoms with van der Waals surface area (Å²) in [6, 6.07) is 18.1. The molecule has 0 radical (unpaired) electrons. The second-order valence-corrected chi connectivity index (χ2v) is 10.4. The van der Waals surface area contributed by atoms with Crippen molar-refractivity contribution < 1.29 is 14.6 Å². The van der Waals surface area contributed by atoms with Crippen molar-refractivity contribution in [3.8, 4) is 5.75 Å². The van der Waals surface area contributed by atoms with E-state index < -0.39 is 5.41 Å². The number of ether oxygens (including phenoxy) is 1. The highest BCUT2D eigenvalue weighted by Crippen LogP contribution is 2.43. The molecule has 0 amide bonds. The molecule has 1 saturated carbocycles. The van der Waals surface area contributed by atoms with Crippen molar-refractivity contribution in [1.82, 2.24) is 0 Å². The summed E-state index contributed by atoms with van der Waals surface area (Å²) in [6.07, 6.45) is 8.92. The Morgan fingerprint density at radius 3 is 2.21 bits per heavy atom. The van der Waals surface area contributed by atoms with Gasteiger partial charge in [-0.1, -0.05) is 69.7 Å². The van der Waals surface area contributed by atoms with Crippen LogP contribution >= 0.6 is 0 Å². The van der Waals surface area contributed by atoms with E-state index in [1.54, 1.807) is 12.1 Å². The quantitative estimate of drug-likeness (QED) is 0.372. The summed E-state index contributed by atoms with van der Waals surface area (Å²) >= 11 is 0. The van der Waals surface area contributed by atoms with Crippen molar-refractivity contribution in [2.45, 2.75) is 103 Å². The van der Waals surface area contributed by atoms with Gasteiger partial charge in [-0.05, 0) is 93.4 Å². The molecule has 0 bridgehead atoms. The predicted octanol–water partition coefficient (Wildman–Crippen LogP) is 8.13. The Balaban J connectivity index is 1.81. The van der Waals surface area contributed by atoms with Crippen molar-refractivity contribution in [1.29, 1.82) is 0 Å². The smallest absolute Gasteiger partial charge is 0.312 e. The molecular formula is C30H42O3. The highest BCUT2D eigenvalue weighted by Gasteiger charge is 2.42. The summed E-state index contributed by atoms with van der Waals surface area (Å²) in [7, 11) is 0. The molecule has 1 aliphatic rings. The number of phenols is 1. The van der Waals surface area contributed by atoms with Gasteiger partial charge in [-0.3, -0.25) is 4.79 Å². The van der Waals surface area contributed by atoms with Gasteiger partial charge in [0, 0.05) is 0 Å². The number of benzene rings is 2. The summed E-state index contributed by atoms with van der Waals surface area (Å²) in [5.74, 6) is 0.830. The summed E-state index contributed by atoms with van der Waals surface area (Å²) in [5.41, 5.74) is 1.70. The molecule has 3 heteroatoms. The van der Waals surface area contributed by atoms with E-state index in [1.165, 1.54) is 17.5 Å². The Labute approximate surface area is 200 Å². The fourth-order valence-electron chi connectivity index (χ4n) is 5.39. The van der Waals surface area contributed by atoms with Crippen LogP contribution in [-0.2, 0) is 9.53 Å². The van der Waals surface area contributed by atoms with Crippen LogP contribution in [0.2, 0.25) is 0 Å². The average molecular weight is 451 g/mol. The Bertz CT molecular complexity index is 867. The second-order valence-electron chi connectivity index (χ2n) is 10.4. The number of aromatic hydroxyl groups is 1. The van der Waals surface area contributed by atoms with Crippen molar-refractivity contribution in [3.05, 3.63) is 65.7 Å². The van der Waals surface area contributed by atoms with Gasteiger partial charge in [-0.25, -0.2) is 0 Å². The minimum atomic E-state index is -0.519. The van der Waals surface area contributed by atoms with Crippen molar-refractivity contribution in [2.75, 3.05) is 0 Å². The van der Waals surface area contributed by atoms with Gasteiger partial charge in [-0.15, -0.1) is 0 Å². The number of carbonyl (C=O) groups excluding carboxylic acids is 1. The summed E-state index contributed by atoms with van der Waals surface area (Å²) in [6.45, 7) is 8.61. The lowest BCUT2D eigenvalue weighted by molar-refractivity contribution is -0.176. The SMILES string of the molecule is CCC1(OC(=O)C(C)(CC)CC(CC(C)c2ccc(O)cc2)c2ccccc2)CCCCC1. The van der Waals surface area contributed by atoms with Crippen LogP contribution in [0, 0.1) is 5.41 Å². The second kappa shape index (κ2) is 11.2. The van der Waals surface area contributed by atoms with Gasteiger partial charge < -0.3 is 9.84 Å². The van der Waals surface area contributed by atoms with Crippen molar-refractivity contribution in [2.24, 2.45) is 5.41 Å². The standard InChI is InChI=1S/C30H42O3/c1-5-29(4,28(32)33-30(6-2)19-11-8-12-20-30)22-26(25-13-9-7-10-14-25)21-23(3)24-15-17-27(31)18-16-24/h7,9-10,13-18,23,26,31H,5-6,8,11-12,19-22H2,1-4H3. The molecule has 3 rings (SSSR count). The van der Waals surface area contributed by atoms with Gasteiger partial charge in [0.25, 0.3) is 0 Å². The molecule has 2 aromatic carbocycles. The average Bonchev–Trinajstić information content (AvgIpc) is 2.85. The van der Waals surface area contributed by atoms with Crippen molar-refractivity contribution in [3.63, 3.8) is 0 Å². The van der Waals surface area contributed by atoms with Crippen LogP contribution in [0.3, 0.4) is 0 Å². The number of hydrogen-bond donors (Lipinski definition) is 1. The normalized spacial score (nSPS) is 19.3. The zero-order chi connectivity index (χ0) is 23.9. The number of hydrogen-bond acceptors (Lipinski definition) is 3. The van der Waals surface area contributed by atoms with E-state index in [-0.39, 0.29) is 17.5 Å². The van der Waals surface area contributed by atoms with E-state index in [2.05, 4.69) is 52.0 Å². The number of rotatable bonds is 10. The highest BCUT2D eigenvalue weighted by molar-refractivity contribution is 5.77. The molecule has 180 valence electrons. The van der Waals surface area contributed by atoms with E-state index in [1.807, 2.05) is 18.2 Å². The first-order valence-corrected chi connectivity index (χ1v) is 12.9. The van der Waals surface area contributed by atoms with Crippen LogP contribution < -0.4 is 0 Å². The van der Waals surface area contributed by atoms with Gasteiger partial charge in [0.2, 0.25) is 0 Å². The molecular weight excluding hydrogens is 408 g/mol. The van der Waals surface area contributed by atoms with Gasteiger partial charge in [0.15, 0.2) is 0 Å². The molecule has 3 nitrogen and oxygen atoms in total. The first-order valence-electron chi connectivity index (χ1n) is 12.9. The van der Waals surface area contributed by atoms with Gasteiger partial charge in [-0.2, -0.15) is 0 Å². The lowest BCUT2D eigenvalue weighted by Gasteiger charge is -2.40. The van der Waals surface area contributed by atoms with E-state index in [0.29, 0.717) is 11.7 Å². The molecule has 0 aromatic heterocycles. The number of carbonyl (C=O) groups is 1. The third-order valence-corrected chi connectivity index (χ3v) is 8.06. The highest BCUT2D eigenvalue weighted by atomic mass is 16.6. The Kier molecular flexibility index (Phi) is 8.62. The van der Waals surface area contributed by atoms with Crippen LogP contribution in [0.25, 0.3) is 0 Å². The molecule has 1 fully saturated rings. The molecule has 33 heavy (non-hydrogen) atoms. The van der Waals surface area contributed by atoms with E-state index >= 15 is 0 Å². The van der Waals surface area contributed by atoms with Gasteiger partial charge in [0.1, 0.15) is 11.4 Å². The first kappa shape index (κ1) is 25.3. The molecule has 0 saturated heterocycles. The van der Waals surface area contributed by atoms with Crippen molar-refractivity contribution >= 4 is 5.97 Å². The minimum absolute atomic E-state index is 0.0213. The molecule has 3 atom stereocenters. The maximum absolute atomic E-state index is 13.6. The molecule has 1 aliphatic carbocycles.